The SMILES string of the molecule is Cn1c(=O)c2c(-c3cccc(F)c3)n3c(c2n(C)c1=O)[C@H](c1nc(Cl)cs1)CC3. The van der Waals surface area contributed by atoms with Crippen LogP contribution in [0.4, 0.5) is 4.39 Å². The number of rotatable bonds is 2. The minimum atomic E-state index is -0.399. The van der Waals surface area contributed by atoms with Gasteiger partial charge in [-0.25, -0.2) is 14.2 Å². The topological polar surface area (TPSA) is 61.8 Å². The number of aromatic nitrogens is 4. The number of nitrogens with zero attached hydrogens (tertiary/aromatic N) is 4. The molecule has 0 aliphatic carbocycles. The average molecular weight is 431 g/mol. The standard InChI is InChI=1S/C20H16ClFN4O2S/c1-24-17-14(19(27)25(2)20(24)28)15(10-4-3-5-11(22)8-10)26-7-6-12(16(17)26)18-23-13(21)9-29-18/h3-5,8-9,12H,6-7H2,1-2H3/t12-/m1/s1. The summed E-state index contributed by atoms with van der Waals surface area (Å²) in [6.45, 7) is 0.634. The summed E-state index contributed by atoms with van der Waals surface area (Å²) in [5, 5.41) is 3.46. The molecule has 0 unspecified atom stereocenters. The van der Waals surface area contributed by atoms with Crippen molar-refractivity contribution in [3.05, 3.63) is 72.2 Å². The zero-order valence-electron chi connectivity index (χ0n) is 15.6. The molecule has 148 valence electrons. The van der Waals surface area contributed by atoms with Crippen LogP contribution in [0.5, 0.6) is 0 Å². The van der Waals surface area contributed by atoms with Crippen LogP contribution in [0.1, 0.15) is 23.0 Å². The maximum atomic E-state index is 14.0. The van der Waals surface area contributed by atoms with E-state index in [0.717, 1.165) is 21.7 Å². The fourth-order valence-electron chi connectivity index (χ4n) is 4.32. The average Bonchev–Trinajstić information content (AvgIpc) is 3.38. The highest BCUT2D eigenvalue weighted by atomic mass is 35.5. The molecule has 0 amide bonds. The van der Waals surface area contributed by atoms with Gasteiger partial charge >= 0.3 is 5.69 Å². The van der Waals surface area contributed by atoms with Gasteiger partial charge in [-0.15, -0.1) is 11.3 Å². The van der Waals surface area contributed by atoms with Gasteiger partial charge in [0.1, 0.15) is 16.0 Å². The Hall–Kier alpha value is -2.71. The lowest BCUT2D eigenvalue weighted by atomic mass is 10.0. The summed E-state index contributed by atoms with van der Waals surface area (Å²) < 4.78 is 18.6. The molecule has 0 fully saturated rings. The highest BCUT2D eigenvalue weighted by Gasteiger charge is 2.35. The lowest BCUT2D eigenvalue weighted by Gasteiger charge is -2.10. The van der Waals surface area contributed by atoms with Crippen LogP contribution in [0.15, 0.2) is 39.2 Å². The number of halogens is 2. The third kappa shape index (κ3) is 2.55. The van der Waals surface area contributed by atoms with E-state index in [-0.39, 0.29) is 17.3 Å². The molecule has 0 radical (unpaired) electrons. The van der Waals surface area contributed by atoms with E-state index in [1.165, 1.54) is 35.1 Å². The summed E-state index contributed by atoms with van der Waals surface area (Å²) in [7, 11) is 3.12. The van der Waals surface area contributed by atoms with Crippen LogP contribution in [0.3, 0.4) is 0 Å². The lowest BCUT2D eigenvalue weighted by Crippen LogP contribution is -2.37. The first kappa shape index (κ1) is 18.3. The predicted molar refractivity (Wildman–Crippen MR) is 111 cm³/mol. The number of aryl methyl sites for hydroxylation is 1. The highest BCUT2D eigenvalue weighted by Crippen LogP contribution is 2.44. The summed E-state index contributed by atoms with van der Waals surface area (Å²) in [4.78, 5) is 30.2. The van der Waals surface area contributed by atoms with Crippen LogP contribution in [-0.4, -0.2) is 18.7 Å². The van der Waals surface area contributed by atoms with Crippen LogP contribution in [0.2, 0.25) is 5.15 Å². The van der Waals surface area contributed by atoms with Gasteiger partial charge in [0.05, 0.1) is 28.2 Å². The Balaban J connectivity index is 1.95. The highest BCUT2D eigenvalue weighted by molar-refractivity contribution is 7.10. The molecule has 3 aromatic heterocycles. The van der Waals surface area contributed by atoms with Gasteiger partial charge in [0, 0.05) is 31.6 Å². The molecule has 0 bridgehead atoms. The predicted octanol–water partition coefficient (Wildman–Crippen LogP) is 3.49. The number of hydrogen-bond donors (Lipinski definition) is 0. The number of hydrogen-bond acceptors (Lipinski definition) is 4. The second kappa shape index (κ2) is 6.40. The Morgan fingerprint density at radius 3 is 2.72 bits per heavy atom. The van der Waals surface area contributed by atoms with Gasteiger partial charge < -0.3 is 4.57 Å². The summed E-state index contributed by atoms with van der Waals surface area (Å²) in [6, 6.07) is 6.19. The molecule has 5 rings (SSSR count). The third-order valence-corrected chi connectivity index (χ3v) is 6.85. The molecule has 1 atom stereocenters. The largest absolute Gasteiger partial charge is 0.341 e. The zero-order chi connectivity index (χ0) is 20.4. The van der Waals surface area contributed by atoms with E-state index >= 15 is 0 Å². The maximum Gasteiger partial charge on any atom is 0.331 e. The van der Waals surface area contributed by atoms with Crippen LogP contribution < -0.4 is 11.2 Å². The summed E-state index contributed by atoms with van der Waals surface area (Å²) >= 11 is 7.50. The van der Waals surface area contributed by atoms with E-state index in [0.29, 0.717) is 33.9 Å². The van der Waals surface area contributed by atoms with Crippen LogP contribution >= 0.6 is 22.9 Å². The normalized spacial score (nSPS) is 15.9. The van der Waals surface area contributed by atoms with Crippen molar-refractivity contribution in [2.75, 3.05) is 0 Å². The van der Waals surface area contributed by atoms with Gasteiger partial charge in [0.25, 0.3) is 5.56 Å². The molecular formula is C20H16ClFN4O2S. The first-order valence-electron chi connectivity index (χ1n) is 9.07. The van der Waals surface area contributed by atoms with Gasteiger partial charge in [0.2, 0.25) is 0 Å². The van der Waals surface area contributed by atoms with E-state index in [2.05, 4.69) is 4.98 Å². The van der Waals surface area contributed by atoms with Gasteiger partial charge in [-0.05, 0) is 18.6 Å². The molecule has 1 aromatic carbocycles. The Morgan fingerprint density at radius 2 is 2.03 bits per heavy atom. The van der Waals surface area contributed by atoms with E-state index in [4.69, 9.17) is 11.6 Å². The molecule has 1 aliphatic heterocycles. The minimum Gasteiger partial charge on any atom is -0.341 e. The first-order chi connectivity index (χ1) is 13.9. The van der Waals surface area contributed by atoms with Crippen molar-refractivity contribution in [3.63, 3.8) is 0 Å². The summed E-state index contributed by atoms with van der Waals surface area (Å²) in [6.07, 6.45) is 0.765. The Labute approximate surface area is 173 Å². The molecule has 6 nitrogen and oxygen atoms in total. The fourth-order valence-corrected chi connectivity index (χ4v) is 5.41. The van der Waals surface area contributed by atoms with E-state index in [1.54, 1.807) is 24.6 Å². The van der Waals surface area contributed by atoms with Crippen LogP contribution in [0, 0.1) is 5.82 Å². The zero-order valence-corrected chi connectivity index (χ0v) is 17.2. The Kier molecular flexibility index (Phi) is 4.04. The number of thiazole rings is 1. The maximum absolute atomic E-state index is 14.0. The smallest absolute Gasteiger partial charge is 0.331 e. The van der Waals surface area contributed by atoms with Crippen molar-refractivity contribution < 1.29 is 4.39 Å². The van der Waals surface area contributed by atoms with Crippen molar-refractivity contribution in [1.82, 2.24) is 18.7 Å². The molecule has 9 heteroatoms. The number of fused-ring (bicyclic) bond motifs is 3. The Morgan fingerprint density at radius 1 is 1.24 bits per heavy atom. The van der Waals surface area contributed by atoms with Gasteiger partial charge in [-0.3, -0.25) is 13.9 Å². The van der Waals surface area contributed by atoms with E-state index in [1.807, 2.05) is 4.57 Å². The van der Waals surface area contributed by atoms with Gasteiger partial charge in [0.15, 0.2) is 0 Å². The van der Waals surface area contributed by atoms with Crippen molar-refractivity contribution in [2.24, 2.45) is 14.1 Å². The van der Waals surface area contributed by atoms with Crippen molar-refractivity contribution in [2.45, 2.75) is 18.9 Å². The van der Waals surface area contributed by atoms with Crippen LogP contribution in [0.25, 0.3) is 22.2 Å². The Bertz CT molecular complexity index is 1410. The summed E-state index contributed by atoms with van der Waals surface area (Å²) in [5.41, 5.74) is 1.88. The molecule has 29 heavy (non-hydrogen) atoms. The molecule has 0 spiro atoms. The van der Waals surface area contributed by atoms with Crippen molar-refractivity contribution >= 4 is 33.8 Å². The van der Waals surface area contributed by atoms with Gasteiger partial charge in [-0.1, -0.05) is 23.7 Å². The lowest BCUT2D eigenvalue weighted by molar-refractivity contribution is 0.628. The fraction of sp³-hybridized carbons (Fsp3) is 0.250. The van der Waals surface area contributed by atoms with Crippen LogP contribution in [-0.2, 0) is 20.6 Å². The minimum absolute atomic E-state index is 0.0879. The molecular weight excluding hydrogens is 415 g/mol. The number of benzene rings is 1. The van der Waals surface area contributed by atoms with Crippen molar-refractivity contribution in [1.29, 1.82) is 0 Å². The molecule has 0 saturated heterocycles. The molecule has 0 N–H and O–H groups in total. The van der Waals surface area contributed by atoms with E-state index < -0.39 is 5.69 Å². The molecule has 4 heterocycles. The molecule has 1 aliphatic rings. The van der Waals surface area contributed by atoms with Gasteiger partial charge in [-0.2, -0.15) is 0 Å². The molecule has 4 aromatic rings. The first-order valence-corrected chi connectivity index (χ1v) is 10.3. The third-order valence-electron chi connectivity index (χ3n) is 5.57. The van der Waals surface area contributed by atoms with E-state index in [9.17, 15) is 14.0 Å². The summed E-state index contributed by atoms with van der Waals surface area (Å²) in [5.74, 6) is -0.468. The second-order valence-corrected chi connectivity index (χ2v) is 8.45. The quantitative estimate of drug-likeness (QED) is 0.489. The monoisotopic (exact) mass is 430 g/mol. The molecule has 0 saturated carbocycles. The second-order valence-electron chi connectivity index (χ2n) is 7.17. The van der Waals surface area contributed by atoms with Crippen molar-refractivity contribution in [3.8, 4) is 11.3 Å².